The normalized spacial score (nSPS) is 9.18. The van der Waals surface area contributed by atoms with Crippen LogP contribution >= 0.6 is 9.24 Å². The minimum Gasteiger partial charge on any atom is -0.298 e. The van der Waals surface area contributed by atoms with Crippen LogP contribution in [0.1, 0.15) is 15.9 Å². The number of hydrogen-bond acceptors (Lipinski definition) is 1. The Morgan fingerprint density at radius 2 is 1.91 bits per heavy atom. The zero-order valence-electron chi connectivity index (χ0n) is 6.08. The Bertz CT molecular complexity index is 274. The molecule has 1 unspecified atom stereocenters. The van der Waals surface area contributed by atoms with Gasteiger partial charge < -0.3 is 0 Å². The van der Waals surface area contributed by atoms with Crippen molar-refractivity contribution in [2.75, 3.05) is 0 Å². The second-order valence-electron chi connectivity index (χ2n) is 2.27. The molecule has 1 aromatic rings. The van der Waals surface area contributed by atoms with Crippen LogP contribution in [0, 0.1) is 0 Å². The van der Waals surface area contributed by atoms with Gasteiger partial charge in [0.05, 0.1) is 0 Å². The number of carbonyl (C=O) groups is 1. The van der Waals surface area contributed by atoms with Crippen LogP contribution in [0.3, 0.4) is 0 Å². The highest BCUT2D eigenvalue weighted by molar-refractivity contribution is 7.31. The highest BCUT2D eigenvalue weighted by Gasteiger charge is 1.92. The molecule has 56 valence electrons. The summed E-state index contributed by atoms with van der Waals surface area (Å²) in [5.74, 6) is 0. The first-order valence-electron chi connectivity index (χ1n) is 3.24. The Kier molecular flexibility index (Phi) is 2.56. The second kappa shape index (κ2) is 3.45. The van der Waals surface area contributed by atoms with E-state index < -0.39 is 0 Å². The average Bonchev–Trinajstić information content (AvgIpc) is 2.05. The smallest absolute Gasteiger partial charge is 0.150 e. The van der Waals surface area contributed by atoms with Gasteiger partial charge in [0.2, 0.25) is 0 Å². The Balaban J connectivity index is 3.00. The third-order valence-corrected chi connectivity index (χ3v) is 1.75. The van der Waals surface area contributed by atoms with Crippen molar-refractivity contribution in [2.24, 2.45) is 0 Å². The quantitative estimate of drug-likeness (QED) is 0.484. The van der Waals surface area contributed by atoms with E-state index in [-0.39, 0.29) is 0 Å². The van der Waals surface area contributed by atoms with E-state index in [0.29, 0.717) is 5.56 Å². The fraction of sp³-hybridized carbons (Fsp3) is 0. The topological polar surface area (TPSA) is 17.1 Å². The molecule has 11 heavy (non-hydrogen) atoms. The summed E-state index contributed by atoms with van der Waals surface area (Å²) in [5, 5.41) is 0.933. The molecule has 1 atom stereocenters. The van der Waals surface area contributed by atoms with Gasteiger partial charge in [0.1, 0.15) is 6.29 Å². The number of aldehydes is 1. The van der Waals surface area contributed by atoms with Crippen molar-refractivity contribution in [3.05, 3.63) is 42.0 Å². The molecule has 0 aliphatic carbocycles. The van der Waals surface area contributed by atoms with Gasteiger partial charge in [-0.15, -0.1) is 9.24 Å². The number of carbonyl (C=O) groups excluding carboxylic acids is 1. The first kappa shape index (κ1) is 8.16. The molecule has 0 saturated carbocycles. The maximum Gasteiger partial charge on any atom is 0.150 e. The van der Waals surface area contributed by atoms with E-state index >= 15 is 0 Å². The van der Waals surface area contributed by atoms with Crippen molar-refractivity contribution in [3.8, 4) is 0 Å². The fourth-order valence-corrected chi connectivity index (χ4v) is 0.968. The number of benzene rings is 1. The van der Waals surface area contributed by atoms with E-state index in [1.165, 1.54) is 0 Å². The fourth-order valence-electron chi connectivity index (χ4n) is 0.776. The average molecular weight is 164 g/mol. The summed E-state index contributed by atoms with van der Waals surface area (Å²) in [4.78, 5) is 10.3. The van der Waals surface area contributed by atoms with Crippen molar-refractivity contribution in [1.82, 2.24) is 0 Å². The molecule has 0 fully saturated rings. The highest BCUT2D eigenvalue weighted by Crippen LogP contribution is 2.18. The summed E-state index contributed by atoms with van der Waals surface area (Å²) in [6.45, 7) is 3.76. The Morgan fingerprint density at radius 1 is 1.36 bits per heavy atom. The van der Waals surface area contributed by atoms with Gasteiger partial charge in [-0.2, -0.15) is 0 Å². The van der Waals surface area contributed by atoms with Crippen LogP contribution in [0.4, 0.5) is 0 Å². The summed E-state index contributed by atoms with van der Waals surface area (Å²) < 4.78 is 0. The SMILES string of the molecule is C=C(P)c1ccc(C=O)cc1. The molecule has 0 spiro atoms. The molecule has 0 aromatic heterocycles. The minimum atomic E-state index is 0.694. The lowest BCUT2D eigenvalue weighted by atomic mass is 10.1. The highest BCUT2D eigenvalue weighted by atomic mass is 31.0. The molecule has 1 aromatic carbocycles. The van der Waals surface area contributed by atoms with Crippen molar-refractivity contribution in [2.45, 2.75) is 0 Å². The van der Waals surface area contributed by atoms with Crippen molar-refractivity contribution >= 4 is 20.8 Å². The molecular formula is C9H9OP. The zero-order chi connectivity index (χ0) is 8.27. The van der Waals surface area contributed by atoms with Gasteiger partial charge in [0, 0.05) is 5.56 Å². The predicted molar refractivity (Wildman–Crippen MR) is 50.6 cm³/mol. The molecule has 0 aliphatic rings. The van der Waals surface area contributed by atoms with E-state index in [9.17, 15) is 4.79 Å². The van der Waals surface area contributed by atoms with Gasteiger partial charge in [-0.05, 0) is 10.9 Å². The first-order chi connectivity index (χ1) is 5.24. The molecule has 0 heterocycles. The summed E-state index contributed by atoms with van der Waals surface area (Å²) in [6, 6.07) is 7.30. The molecule has 0 radical (unpaired) electrons. The predicted octanol–water partition coefficient (Wildman–Crippen LogP) is 2.34. The van der Waals surface area contributed by atoms with E-state index in [4.69, 9.17) is 0 Å². The molecule has 1 rings (SSSR count). The third kappa shape index (κ3) is 1.99. The van der Waals surface area contributed by atoms with E-state index in [1.807, 2.05) is 12.1 Å². The summed E-state index contributed by atoms with van der Waals surface area (Å²) in [5.41, 5.74) is 1.74. The Labute approximate surface area is 68.3 Å². The first-order valence-corrected chi connectivity index (χ1v) is 3.82. The number of hydrogen-bond donors (Lipinski definition) is 0. The monoisotopic (exact) mass is 164 g/mol. The maximum atomic E-state index is 10.3. The van der Waals surface area contributed by atoms with E-state index in [0.717, 1.165) is 17.2 Å². The third-order valence-electron chi connectivity index (χ3n) is 1.42. The summed E-state index contributed by atoms with van der Waals surface area (Å²) >= 11 is 0. The maximum absolute atomic E-state index is 10.3. The molecule has 0 N–H and O–H groups in total. The molecule has 2 heteroatoms. The van der Waals surface area contributed by atoms with Gasteiger partial charge in [0.15, 0.2) is 0 Å². The van der Waals surface area contributed by atoms with Crippen molar-refractivity contribution in [1.29, 1.82) is 0 Å². The number of rotatable bonds is 2. The molecule has 0 aliphatic heterocycles. The second-order valence-corrected chi connectivity index (χ2v) is 2.96. The van der Waals surface area contributed by atoms with Crippen molar-refractivity contribution in [3.63, 3.8) is 0 Å². The minimum absolute atomic E-state index is 0.694. The van der Waals surface area contributed by atoms with Gasteiger partial charge >= 0.3 is 0 Å². The Morgan fingerprint density at radius 3 is 2.27 bits per heavy atom. The zero-order valence-corrected chi connectivity index (χ0v) is 7.23. The lowest BCUT2D eigenvalue weighted by Gasteiger charge is -1.97. The van der Waals surface area contributed by atoms with Crippen molar-refractivity contribution < 1.29 is 4.79 Å². The van der Waals surface area contributed by atoms with Gasteiger partial charge in [0.25, 0.3) is 0 Å². The molecule has 0 saturated heterocycles. The van der Waals surface area contributed by atoms with E-state index in [2.05, 4.69) is 15.8 Å². The lowest BCUT2D eigenvalue weighted by Crippen LogP contribution is -1.79. The lowest BCUT2D eigenvalue weighted by molar-refractivity contribution is 0.112. The molecule has 1 nitrogen and oxygen atoms in total. The van der Waals surface area contributed by atoms with E-state index in [1.54, 1.807) is 12.1 Å². The molecular weight excluding hydrogens is 155 g/mol. The van der Waals surface area contributed by atoms with Crippen LogP contribution in [0.2, 0.25) is 0 Å². The van der Waals surface area contributed by atoms with Crippen LogP contribution in [-0.4, -0.2) is 6.29 Å². The van der Waals surface area contributed by atoms with Crippen LogP contribution in [-0.2, 0) is 0 Å². The van der Waals surface area contributed by atoms with Crippen LogP contribution < -0.4 is 0 Å². The van der Waals surface area contributed by atoms with Crippen LogP contribution in [0.5, 0.6) is 0 Å². The van der Waals surface area contributed by atoms with Gasteiger partial charge in [-0.25, -0.2) is 0 Å². The summed E-state index contributed by atoms with van der Waals surface area (Å²) in [7, 11) is 2.52. The largest absolute Gasteiger partial charge is 0.298 e. The molecule has 0 bridgehead atoms. The standard InChI is InChI=1S/C9H9OP/c1-7(11)9-4-2-8(6-10)3-5-9/h2-6H,1,11H2. The molecule has 0 amide bonds. The van der Waals surface area contributed by atoms with Gasteiger partial charge in [-0.3, -0.25) is 4.79 Å². The summed E-state index contributed by atoms with van der Waals surface area (Å²) in [6.07, 6.45) is 0.829. The Hall–Kier alpha value is -0.940. The van der Waals surface area contributed by atoms with Gasteiger partial charge in [-0.1, -0.05) is 30.8 Å². The van der Waals surface area contributed by atoms with Crippen LogP contribution in [0.15, 0.2) is 30.8 Å². The van der Waals surface area contributed by atoms with Crippen LogP contribution in [0.25, 0.3) is 5.31 Å².